The summed E-state index contributed by atoms with van der Waals surface area (Å²) in [6.45, 7) is 0.991. The minimum atomic E-state index is -5.08. The number of rotatable bonds is 4. The first kappa shape index (κ1) is 38.7. The predicted octanol–water partition coefficient (Wildman–Crippen LogP) is 4.60. The number of benzene rings is 1. The number of pyridine rings is 1. The van der Waals surface area contributed by atoms with E-state index in [0.717, 1.165) is 34.6 Å². The molecule has 5 heterocycles. The molecule has 0 spiro atoms. The van der Waals surface area contributed by atoms with E-state index < -0.39 is 24.3 Å². The molecule has 1 fully saturated rings. The molecule has 276 valence electrons. The van der Waals surface area contributed by atoms with Crippen LogP contribution in [0.25, 0.3) is 0 Å². The number of alkyl halides is 6. The molecule has 3 aromatic heterocycles. The Hall–Kier alpha value is -6.06. The molecule has 4 aromatic rings. The number of nitrogens with one attached hydrogen (secondary N) is 4. The summed E-state index contributed by atoms with van der Waals surface area (Å²) in [7, 11) is 0. The lowest BCUT2D eigenvalue weighted by Crippen LogP contribution is -2.51. The Morgan fingerprint density at radius 2 is 1.58 bits per heavy atom. The fourth-order valence-electron chi connectivity index (χ4n) is 4.53. The van der Waals surface area contributed by atoms with Crippen molar-refractivity contribution in [2.24, 2.45) is 5.92 Å². The molecule has 0 radical (unpaired) electrons. The highest BCUT2D eigenvalue weighted by Crippen LogP contribution is 2.30. The van der Waals surface area contributed by atoms with Crippen molar-refractivity contribution in [2.45, 2.75) is 31.6 Å². The Bertz CT molecular complexity index is 1900. The van der Waals surface area contributed by atoms with Crippen molar-refractivity contribution in [3.05, 3.63) is 71.2 Å². The number of halogens is 7. The molecule has 16 nitrogen and oxygen atoms in total. The molecule has 0 atom stereocenters. The van der Waals surface area contributed by atoms with E-state index in [1.165, 1.54) is 12.5 Å². The van der Waals surface area contributed by atoms with Crippen molar-refractivity contribution in [3.63, 3.8) is 0 Å². The van der Waals surface area contributed by atoms with Crippen LogP contribution in [-0.4, -0.2) is 94.4 Å². The summed E-state index contributed by atoms with van der Waals surface area (Å²) in [5.74, 6) is -4.77. The summed E-state index contributed by atoms with van der Waals surface area (Å²) in [6, 6.07) is 7.72. The van der Waals surface area contributed by atoms with Gasteiger partial charge >= 0.3 is 24.3 Å². The van der Waals surface area contributed by atoms with Gasteiger partial charge in [-0.3, -0.25) is 19.7 Å². The first-order valence-electron chi connectivity index (χ1n) is 14.6. The van der Waals surface area contributed by atoms with Crippen molar-refractivity contribution in [3.8, 4) is 0 Å². The van der Waals surface area contributed by atoms with Crippen molar-refractivity contribution < 1.29 is 55.7 Å². The topological polar surface area (TPSA) is 228 Å². The van der Waals surface area contributed by atoms with Crippen LogP contribution in [-0.2, 0) is 27.2 Å². The van der Waals surface area contributed by atoms with Gasteiger partial charge in [-0.25, -0.2) is 19.6 Å². The van der Waals surface area contributed by atoms with Gasteiger partial charge in [0.1, 0.15) is 11.3 Å². The Balaban J connectivity index is 0.000000367. The highest BCUT2D eigenvalue weighted by Gasteiger charge is 2.39. The van der Waals surface area contributed by atoms with Crippen molar-refractivity contribution in [1.29, 1.82) is 0 Å². The summed E-state index contributed by atoms with van der Waals surface area (Å²) in [4.78, 5) is 61.6. The van der Waals surface area contributed by atoms with E-state index >= 15 is 0 Å². The molecule has 6 bridgehead atoms. The van der Waals surface area contributed by atoms with Crippen LogP contribution in [0.2, 0.25) is 5.02 Å². The van der Waals surface area contributed by atoms with Gasteiger partial charge in [0, 0.05) is 43.0 Å². The molecule has 6 rings (SSSR count). The monoisotopic (exact) mass is 758 g/mol. The zero-order valence-corrected chi connectivity index (χ0v) is 26.8. The van der Waals surface area contributed by atoms with Crippen LogP contribution in [0.1, 0.15) is 28.2 Å². The van der Waals surface area contributed by atoms with Crippen LogP contribution < -0.4 is 16.0 Å². The van der Waals surface area contributed by atoms with Crippen molar-refractivity contribution >= 4 is 64.2 Å². The number of H-pyrrole nitrogens is 1. The maximum absolute atomic E-state index is 12.9. The predicted molar refractivity (Wildman–Crippen MR) is 168 cm³/mol. The molecule has 2 aliphatic rings. The fourth-order valence-corrected chi connectivity index (χ4v) is 4.67. The van der Waals surface area contributed by atoms with Gasteiger partial charge in [0.15, 0.2) is 5.82 Å². The van der Waals surface area contributed by atoms with Crippen LogP contribution in [0, 0.1) is 5.92 Å². The smallest absolute Gasteiger partial charge is 0.475 e. The molecule has 1 saturated heterocycles. The number of hydrogen-bond acceptors (Lipinski definition) is 11. The maximum Gasteiger partial charge on any atom is 0.490 e. The Labute approximate surface area is 292 Å². The summed E-state index contributed by atoms with van der Waals surface area (Å²) in [5.41, 5.74) is 4.28. The second-order valence-electron chi connectivity index (χ2n) is 10.9. The number of aryl methyl sites for hydroxylation is 2. The minimum Gasteiger partial charge on any atom is -0.475 e. The van der Waals surface area contributed by atoms with Gasteiger partial charge in [-0.15, -0.1) is 5.10 Å². The van der Waals surface area contributed by atoms with Crippen LogP contribution in [0.15, 0.2) is 49.2 Å². The van der Waals surface area contributed by atoms with Crippen LogP contribution in [0.3, 0.4) is 0 Å². The van der Waals surface area contributed by atoms with Gasteiger partial charge in [0.25, 0.3) is 5.91 Å². The van der Waals surface area contributed by atoms with Gasteiger partial charge in [-0.2, -0.15) is 31.3 Å². The quantitative estimate of drug-likeness (QED) is 0.157. The average molecular weight is 759 g/mol. The first-order chi connectivity index (χ1) is 24.4. The number of aromatic amines is 1. The Morgan fingerprint density at radius 3 is 2.19 bits per heavy atom. The third-order valence-electron chi connectivity index (χ3n) is 6.93. The van der Waals surface area contributed by atoms with E-state index in [1.54, 1.807) is 11.1 Å². The molecule has 6 N–H and O–H groups in total. The Kier molecular flexibility index (Phi) is 12.1. The number of carboxylic acids is 2. The highest BCUT2D eigenvalue weighted by molar-refractivity contribution is 6.32. The molecule has 0 unspecified atom stereocenters. The molecule has 52 heavy (non-hydrogen) atoms. The number of hydrogen-bond donors (Lipinski definition) is 6. The minimum absolute atomic E-state index is 0.0827. The summed E-state index contributed by atoms with van der Waals surface area (Å²) in [5, 5.41) is 30.5. The van der Waals surface area contributed by atoms with Gasteiger partial charge in [0.05, 0.1) is 18.1 Å². The van der Waals surface area contributed by atoms with E-state index in [9.17, 15) is 35.9 Å². The van der Waals surface area contributed by atoms with E-state index in [0.29, 0.717) is 42.7 Å². The number of aromatic nitrogens is 6. The Morgan fingerprint density at radius 1 is 0.904 bits per heavy atom. The van der Waals surface area contributed by atoms with Gasteiger partial charge in [-0.1, -0.05) is 11.6 Å². The molecule has 2 aliphatic heterocycles. The summed E-state index contributed by atoms with van der Waals surface area (Å²) in [6.07, 6.45) is -2.03. The van der Waals surface area contributed by atoms with Crippen LogP contribution in [0.5, 0.6) is 0 Å². The number of nitrogens with zero attached hydrogens (tertiary/aromatic N) is 6. The number of carbonyl (C=O) groups is 4. The lowest BCUT2D eigenvalue weighted by Gasteiger charge is -2.38. The lowest BCUT2D eigenvalue weighted by atomic mass is 9.95. The lowest BCUT2D eigenvalue weighted by molar-refractivity contribution is -0.193. The van der Waals surface area contributed by atoms with E-state index in [1.807, 2.05) is 30.5 Å². The SMILES string of the molecule is O=C(CC1CN(C(=O)c2nc[nH]n2)C1)Nc1ccc2cc1CCc1cncc(c1)Nc1ncc(Cl)c(n1)N2.O=C(O)C(F)(F)F.O=C(O)C(F)(F)F. The number of fused-ring (bicyclic) bond motifs is 6. The highest BCUT2D eigenvalue weighted by atomic mass is 35.5. The number of anilines is 5. The summed E-state index contributed by atoms with van der Waals surface area (Å²) >= 11 is 6.34. The fraction of sp³-hybridized carbons (Fsp3) is 0.276. The normalized spacial score (nSPS) is 13.7. The molecule has 0 saturated carbocycles. The average Bonchev–Trinajstić information content (AvgIpc) is 3.59. The molecule has 23 heteroatoms. The molecular weight excluding hydrogens is 734 g/mol. The van der Waals surface area contributed by atoms with Gasteiger partial charge < -0.3 is 31.1 Å². The zero-order valence-electron chi connectivity index (χ0n) is 26.1. The largest absolute Gasteiger partial charge is 0.490 e. The second kappa shape index (κ2) is 16.3. The molecule has 2 amide bonds. The number of carbonyl (C=O) groups excluding carboxylic acids is 2. The van der Waals surface area contributed by atoms with E-state index in [4.69, 9.17) is 31.4 Å². The van der Waals surface area contributed by atoms with Crippen LogP contribution >= 0.6 is 11.6 Å². The summed E-state index contributed by atoms with van der Waals surface area (Å²) < 4.78 is 63.5. The van der Waals surface area contributed by atoms with Gasteiger partial charge in [-0.05, 0) is 48.2 Å². The number of aliphatic carboxylic acids is 2. The maximum atomic E-state index is 12.9. The van der Waals surface area contributed by atoms with E-state index in [2.05, 4.69) is 46.1 Å². The zero-order chi connectivity index (χ0) is 38.2. The third kappa shape index (κ3) is 11.0. The van der Waals surface area contributed by atoms with Gasteiger partial charge in [0.2, 0.25) is 17.7 Å². The van der Waals surface area contributed by atoms with Crippen LogP contribution in [0.4, 0.5) is 55.2 Å². The first-order valence-corrected chi connectivity index (χ1v) is 15.0. The molecular formula is C29H25ClF6N10O6. The number of likely N-dealkylation sites (tertiary alicyclic amines) is 1. The molecule has 1 aromatic carbocycles. The van der Waals surface area contributed by atoms with Crippen molar-refractivity contribution in [1.82, 2.24) is 35.0 Å². The standard InChI is InChI=1S/C25H23ClN10O2.2C2HF3O2/c26-19-10-28-25-32-18-5-14(8-27-9-18)1-2-16-7-17(31-22(19)34-25)3-4-20(16)33-21(37)6-15-11-36(12-15)24(38)23-29-13-30-35-23;2*3-2(4,5)1(6)7/h3-5,7-10,13,15H,1-2,6,11-12H2,(H,33,37)(H,29,30,35)(H2,28,31,32,34);2*(H,6,7). The third-order valence-corrected chi connectivity index (χ3v) is 7.21. The molecule has 0 aliphatic carbocycles. The van der Waals surface area contributed by atoms with E-state index in [-0.39, 0.29) is 23.6 Å². The number of carboxylic acid groups (broad SMARTS) is 2. The second-order valence-corrected chi connectivity index (χ2v) is 11.3. The number of amides is 2. The van der Waals surface area contributed by atoms with Crippen molar-refractivity contribution in [2.75, 3.05) is 29.0 Å².